The van der Waals surface area contributed by atoms with E-state index in [1.165, 1.54) is 51.2 Å². The van der Waals surface area contributed by atoms with E-state index in [1.54, 1.807) is 0 Å². The van der Waals surface area contributed by atoms with Gasteiger partial charge in [-0.3, -0.25) is 9.80 Å². The second-order valence-electron chi connectivity index (χ2n) is 4.84. The molecule has 3 heteroatoms. The standard InChI is InChI=1S/C12H24N2S/c1-3-11(10-15-2)14-8-7-13-6-4-5-12(13)9-14/h11-12H,3-10H2,1-2H3. The molecule has 0 aromatic carbocycles. The number of fused-ring (bicyclic) bond motifs is 1. The number of hydrogen-bond acceptors (Lipinski definition) is 3. The quantitative estimate of drug-likeness (QED) is 0.726. The van der Waals surface area contributed by atoms with E-state index in [4.69, 9.17) is 0 Å². The number of rotatable bonds is 4. The molecule has 0 aliphatic carbocycles. The van der Waals surface area contributed by atoms with E-state index in [1.807, 2.05) is 11.8 Å². The third-order valence-corrected chi connectivity index (χ3v) is 4.68. The summed E-state index contributed by atoms with van der Waals surface area (Å²) < 4.78 is 0. The lowest BCUT2D eigenvalue weighted by Gasteiger charge is -2.41. The molecule has 2 atom stereocenters. The Hall–Kier alpha value is 0.270. The second kappa shape index (κ2) is 5.55. The molecule has 88 valence electrons. The van der Waals surface area contributed by atoms with Crippen molar-refractivity contribution in [3.05, 3.63) is 0 Å². The SMILES string of the molecule is CCC(CSC)N1CCN2CCCC2C1. The smallest absolute Gasteiger partial charge is 0.0224 e. The van der Waals surface area contributed by atoms with Gasteiger partial charge in [-0.05, 0) is 32.1 Å². The van der Waals surface area contributed by atoms with Crippen molar-refractivity contribution >= 4 is 11.8 Å². The summed E-state index contributed by atoms with van der Waals surface area (Å²) in [6.45, 7) is 7.64. The molecular formula is C12H24N2S. The van der Waals surface area contributed by atoms with E-state index in [-0.39, 0.29) is 0 Å². The van der Waals surface area contributed by atoms with E-state index in [0.29, 0.717) is 0 Å². The molecule has 0 bridgehead atoms. The highest BCUT2D eigenvalue weighted by Gasteiger charge is 2.32. The van der Waals surface area contributed by atoms with E-state index < -0.39 is 0 Å². The predicted molar refractivity (Wildman–Crippen MR) is 68.6 cm³/mol. The average Bonchev–Trinajstić information content (AvgIpc) is 2.72. The van der Waals surface area contributed by atoms with E-state index >= 15 is 0 Å². The third kappa shape index (κ3) is 2.69. The number of nitrogens with zero attached hydrogens (tertiary/aromatic N) is 2. The normalized spacial score (nSPS) is 30.4. The zero-order valence-electron chi connectivity index (χ0n) is 10.1. The lowest BCUT2D eigenvalue weighted by Crippen LogP contribution is -2.53. The molecule has 0 spiro atoms. The maximum atomic E-state index is 2.74. The first-order chi connectivity index (χ1) is 7.35. The molecule has 2 unspecified atom stereocenters. The van der Waals surface area contributed by atoms with Crippen molar-refractivity contribution in [3.63, 3.8) is 0 Å². The van der Waals surface area contributed by atoms with Crippen molar-refractivity contribution in [3.8, 4) is 0 Å². The highest BCUT2D eigenvalue weighted by molar-refractivity contribution is 7.98. The van der Waals surface area contributed by atoms with Gasteiger partial charge in [-0.15, -0.1) is 0 Å². The highest BCUT2D eigenvalue weighted by atomic mass is 32.2. The Bertz CT molecular complexity index is 198. The number of piperazine rings is 1. The van der Waals surface area contributed by atoms with Crippen molar-refractivity contribution in [2.45, 2.75) is 38.3 Å². The third-order valence-electron chi connectivity index (χ3n) is 3.97. The van der Waals surface area contributed by atoms with Gasteiger partial charge in [0.1, 0.15) is 0 Å². The van der Waals surface area contributed by atoms with Crippen LogP contribution in [0, 0.1) is 0 Å². The first kappa shape index (κ1) is 11.7. The summed E-state index contributed by atoms with van der Waals surface area (Å²) in [5.74, 6) is 1.31. The number of thioether (sulfide) groups is 1. The largest absolute Gasteiger partial charge is 0.298 e. The molecule has 15 heavy (non-hydrogen) atoms. The maximum Gasteiger partial charge on any atom is 0.0224 e. The van der Waals surface area contributed by atoms with Crippen molar-refractivity contribution in [2.75, 3.05) is 38.2 Å². The van der Waals surface area contributed by atoms with Gasteiger partial charge in [0.05, 0.1) is 0 Å². The Labute approximate surface area is 98.4 Å². The monoisotopic (exact) mass is 228 g/mol. The van der Waals surface area contributed by atoms with Gasteiger partial charge in [0, 0.05) is 37.5 Å². The topological polar surface area (TPSA) is 6.48 Å². The molecule has 2 aliphatic rings. The van der Waals surface area contributed by atoms with Crippen LogP contribution in [0.3, 0.4) is 0 Å². The first-order valence-corrected chi connectivity index (χ1v) is 7.71. The molecule has 0 radical (unpaired) electrons. The van der Waals surface area contributed by atoms with Crippen LogP contribution < -0.4 is 0 Å². The summed E-state index contributed by atoms with van der Waals surface area (Å²) in [6.07, 6.45) is 6.41. The highest BCUT2D eigenvalue weighted by Crippen LogP contribution is 2.23. The average molecular weight is 228 g/mol. The number of hydrogen-bond donors (Lipinski definition) is 0. The fraction of sp³-hybridized carbons (Fsp3) is 1.00. The fourth-order valence-electron chi connectivity index (χ4n) is 3.02. The van der Waals surface area contributed by atoms with Crippen LogP contribution in [0.15, 0.2) is 0 Å². The van der Waals surface area contributed by atoms with Crippen molar-refractivity contribution in [1.29, 1.82) is 0 Å². The van der Waals surface area contributed by atoms with Crippen LogP contribution in [0.4, 0.5) is 0 Å². The fourth-order valence-corrected chi connectivity index (χ4v) is 3.85. The van der Waals surface area contributed by atoms with Crippen LogP contribution in [0.2, 0.25) is 0 Å². The lowest BCUT2D eigenvalue weighted by atomic mass is 10.1. The van der Waals surface area contributed by atoms with E-state index in [9.17, 15) is 0 Å². The molecule has 0 saturated carbocycles. The lowest BCUT2D eigenvalue weighted by molar-refractivity contribution is 0.0774. The van der Waals surface area contributed by atoms with Gasteiger partial charge in [-0.1, -0.05) is 6.92 Å². The van der Waals surface area contributed by atoms with Crippen molar-refractivity contribution in [1.82, 2.24) is 9.80 Å². The Morgan fingerprint density at radius 3 is 2.93 bits per heavy atom. The van der Waals surface area contributed by atoms with Gasteiger partial charge in [-0.25, -0.2) is 0 Å². The molecule has 2 rings (SSSR count). The summed E-state index contributed by atoms with van der Waals surface area (Å²) in [6, 6.07) is 1.71. The molecule has 2 nitrogen and oxygen atoms in total. The van der Waals surface area contributed by atoms with Crippen LogP contribution in [0.5, 0.6) is 0 Å². The van der Waals surface area contributed by atoms with Gasteiger partial charge < -0.3 is 0 Å². The molecule has 2 heterocycles. The first-order valence-electron chi connectivity index (χ1n) is 6.32. The minimum Gasteiger partial charge on any atom is -0.298 e. The Kier molecular flexibility index (Phi) is 4.35. The van der Waals surface area contributed by atoms with Gasteiger partial charge in [0.25, 0.3) is 0 Å². The zero-order valence-corrected chi connectivity index (χ0v) is 10.9. The summed E-state index contributed by atoms with van der Waals surface area (Å²) in [5, 5.41) is 0. The van der Waals surface area contributed by atoms with Crippen molar-refractivity contribution in [2.24, 2.45) is 0 Å². The predicted octanol–water partition coefficient (Wildman–Crippen LogP) is 1.91. The molecule has 0 N–H and O–H groups in total. The molecular weight excluding hydrogens is 204 g/mol. The van der Waals surface area contributed by atoms with Crippen LogP contribution in [0.25, 0.3) is 0 Å². The summed E-state index contributed by atoms with van der Waals surface area (Å²) in [5.41, 5.74) is 0. The Morgan fingerprint density at radius 2 is 2.20 bits per heavy atom. The van der Waals surface area contributed by atoms with E-state index in [0.717, 1.165) is 12.1 Å². The maximum absolute atomic E-state index is 2.74. The Morgan fingerprint density at radius 1 is 1.33 bits per heavy atom. The minimum atomic E-state index is 0.822. The summed E-state index contributed by atoms with van der Waals surface area (Å²) in [7, 11) is 0. The molecule has 0 aromatic heterocycles. The molecule has 0 amide bonds. The molecule has 2 saturated heterocycles. The second-order valence-corrected chi connectivity index (χ2v) is 5.76. The van der Waals surface area contributed by atoms with Gasteiger partial charge in [0.15, 0.2) is 0 Å². The van der Waals surface area contributed by atoms with Crippen LogP contribution in [-0.2, 0) is 0 Å². The zero-order chi connectivity index (χ0) is 10.7. The van der Waals surface area contributed by atoms with Crippen molar-refractivity contribution < 1.29 is 0 Å². The van der Waals surface area contributed by atoms with Crippen LogP contribution >= 0.6 is 11.8 Å². The van der Waals surface area contributed by atoms with Gasteiger partial charge in [0.2, 0.25) is 0 Å². The van der Waals surface area contributed by atoms with E-state index in [2.05, 4.69) is 23.0 Å². The van der Waals surface area contributed by atoms with Crippen LogP contribution in [-0.4, -0.2) is 60.1 Å². The summed E-state index contributed by atoms with van der Waals surface area (Å²) >= 11 is 2.00. The summed E-state index contributed by atoms with van der Waals surface area (Å²) in [4.78, 5) is 5.44. The molecule has 0 aromatic rings. The van der Waals surface area contributed by atoms with Crippen LogP contribution in [0.1, 0.15) is 26.2 Å². The molecule has 2 fully saturated rings. The molecule has 2 aliphatic heterocycles. The van der Waals surface area contributed by atoms with Gasteiger partial charge >= 0.3 is 0 Å². The Balaban J connectivity index is 1.87. The van der Waals surface area contributed by atoms with Gasteiger partial charge in [-0.2, -0.15) is 11.8 Å². The minimum absolute atomic E-state index is 0.822.